The number of methoxy groups -OCH3 is 1. The molecule has 170 valence electrons. The molecule has 7 nitrogen and oxygen atoms in total. The minimum absolute atomic E-state index is 0.0446. The predicted octanol–water partition coefficient (Wildman–Crippen LogP) is 5.00. The van der Waals surface area contributed by atoms with Crippen molar-refractivity contribution >= 4 is 28.3 Å². The summed E-state index contributed by atoms with van der Waals surface area (Å²) in [6.45, 7) is 7.34. The summed E-state index contributed by atoms with van der Waals surface area (Å²) in [7, 11) is 1.62. The zero-order valence-corrected chi connectivity index (χ0v) is 19.8. The first kappa shape index (κ1) is 24.8. The van der Waals surface area contributed by atoms with Gasteiger partial charge in [-0.25, -0.2) is 0 Å². The monoisotopic (exact) mass is 446 g/mol. The van der Waals surface area contributed by atoms with Crippen LogP contribution in [0.1, 0.15) is 59.3 Å². The van der Waals surface area contributed by atoms with Crippen LogP contribution < -0.4 is 10.1 Å². The lowest BCUT2D eigenvalue weighted by Gasteiger charge is -2.26. The standard InChI is InChI=1S/C23H34N4O3S/c1-5-8-10-17(7-3)22(29)27(14-6-2)15-13-20(28)24-23-26-25-21(31-23)18-11-9-12-19(16-18)30-4/h9,11-12,16-17H,5-8,10,13-15H2,1-4H3,(H,24,26,28). The normalized spacial score (nSPS) is 11.7. The molecular weight excluding hydrogens is 412 g/mol. The van der Waals surface area contributed by atoms with Gasteiger partial charge in [-0.2, -0.15) is 0 Å². The molecule has 2 amide bonds. The van der Waals surface area contributed by atoms with Crippen LogP contribution in [0.2, 0.25) is 0 Å². The molecule has 2 rings (SSSR count). The van der Waals surface area contributed by atoms with Crippen LogP contribution in [0.4, 0.5) is 5.13 Å². The van der Waals surface area contributed by atoms with E-state index in [1.165, 1.54) is 11.3 Å². The molecule has 0 aliphatic heterocycles. The number of unbranched alkanes of at least 4 members (excludes halogenated alkanes) is 1. The summed E-state index contributed by atoms with van der Waals surface area (Å²) in [4.78, 5) is 27.2. The maximum absolute atomic E-state index is 12.9. The van der Waals surface area contributed by atoms with Crippen molar-refractivity contribution in [2.75, 3.05) is 25.5 Å². The molecule has 0 aliphatic rings. The van der Waals surface area contributed by atoms with Crippen LogP contribution in [0, 0.1) is 5.92 Å². The van der Waals surface area contributed by atoms with Crippen molar-refractivity contribution in [2.45, 2.75) is 59.3 Å². The fourth-order valence-corrected chi connectivity index (χ4v) is 4.13. The van der Waals surface area contributed by atoms with E-state index < -0.39 is 0 Å². The van der Waals surface area contributed by atoms with Crippen molar-refractivity contribution in [3.63, 3.8) is 0 Å². The van der Waals surface area contributed by atoms with E-state index in [2.05, 4.69) is 36.3 Å². The van der Waals surface area contributed by atoms with Crippen molar-refractivity contribution in [2.24, 2.45) is 5.92 Å². The molecule has 1 heterocycles. The molecule has 1 unspecified atom stereocenters. The van der Waals surface area contributed by atoms with Crippen LogP contribution in [-0.4, -0.2) is 47.1 Å². The van der Waals surface area contributed by atoms with Crippen molar-refractivity contribution < 1.29 is 14.3 Å². The van der Waals surface area contributed by atoms with Crippen LogP contribution in [0.25, 0.3) is 10.6 Å². The fourth-order valence-electron chi connectivity index (χ4n) is 3.38. The van der Waals surface area contributed by atoms with E-state index >= 15 is 0 Å². The molecule has 1 aromatic heterocycles. The van der Waals surface area contributed by atoms with Gasteiger partial charge in [0.2, 0.25) is 16.9 Å². The van der Waals surface area contributed by atoms with Crippen LogP contribution >= 0.6 is 11.3 Å². The molecule has 0 aliphatic carbocycles. The predicted molar refractivity (Wildman–Crippen MR) is 125 cm³/mol. The molecule has 0 saturated carbocycles. The van der Waals surface area contributed by atoms with Crippen molar-refractivity contribution in [3.05, 3.63) is 24.3 Å². The van der Waals surface area contributed by atoms with Gasteiger partial charge in [0.15, 0.2) is 0 Å². The number of ether oxygens (including phenoxy) is 1. The van der Waals surface area contributed by atoms with Gasteiger partial charge in [0.1, 0.15) is 10.8 Å². The topological polar surface area (TPSA) is 84.4 Å². The number of anilines is 1. The first-order valence-corrected chi connectivity index (χ1v) is 11.9. The number of hydrogen-bond donors (Lipinski definition) is 1. The number of nitrogens with one attached hydrogen (secondary N) is 1. The number of hydrogen-bond acceptors (Lipinski definition) is 6. The Morgan fingerprint density at radius 3 is 2.65 bits per heavy atom. The van der Waals surface area contributed by atoms with Crippen molar-refractivity contribution in [1.82, 2.24) is 15.1 Å². The summed E-state index contributed by atoms with van der Waals surface area (Å²) in [5.41, 5.74) is 0.884. The van der Waals surface area contributed by atoms with Gasteiger partial charge in [-0.15, -0.1) is 10.2 Å². The molecule has 0 saturated heterocycles. The number of aromatic nitrogens is 2. The molecule has 31 heavy (non-hydrogen) atoms. The van der Waals surface area contributed by atoms with E-state index in [9.17, 15) is 9.59 Å². The minimum atomic E-state index is -0.163. The Labute approximate surface area is 189 Å². The third-order valence-corrected chi connectivity index (χ3v) is 6.04. The third-order valence-electron chi connectivity index (χ3n) is 5.15. The number of rotatable bonds is 13. The molecular formula is C23H34N4O3S. The SMILES string of the molecule is CCCCC(CC)C(=O)N(CCC)CCC(=O)Nc1nnc(-c2cccc(OC)c2)s1. The number of nitrogens with zero attached hydrogens (tertiary/aromatic N) is 3. The molecule has 0 bridgehead atoms. The van der Waals surface area contributed by atoms with Gasteiger partial charge < -0.3 is 15.0 Å². The lowest BCUT2D eigenvalue weighted by atomic mass is 9.97. The molecule has 0 radical (unpaired) electrons. The summed E-state index contributed by atoms with van der Waals surface area (Å²) in [5, 5.41) is 12.2. The van der Waals surface area contributed by atoms with E-state index in [4.69, 9.17) is 4.74 Å². The van der Waals surface area contributed by atoms with Crippen LogP contribution in [0.5, 0.6) is 5.75 Å². The minimum Gasteiger partial charge on any atom is -0.497 e. The Bertz CT molecular complexity index is 840. The van der Waals surface area contributed by atoms with Gasteiger partial charge in [-0.1, -0.05) is 57.1 Å². The maximum atomic E-state index is 12.9. The average Bonchev–Trinajstić information content (AvgIpc) is 3.25. The van der Waals surface area contributed by atoms with Crippen molar-refractivity contribution in [3.8, 4) is 16.3 Å². The Morgan fingerprint density at radius 2 is 1.97 bits per heavy atom. The molecule has 0 fully saturated rings. The second-order valence-corrected chi connectivity index (χ2v) is 8.49. The molecule has 1 N–H and O–H groups in total. The molecule has 1 atom stereocenters. The van der Waals surface area contributed by atoms with Crippen LogP contribution in [0.15, 0.2) is 24.3 Å². The average molecular weight is 447 g/mol. The summed E-state index contributed by atoms with van der Waals surface area (Å²) in [5.74, 6) is 0.789. The second-order valence-electron chi connectivity index (χ2n) is 7.52. The Kier molecular flexibility index (Phi) is 10.4. The van der Waals surface area contributed by atoms with E-state index in [0.717, 1.165) is 43.4 Å². The maximum Gasteiger partial charge on any atom is 0.227 e. The quantitative estimate of drug-likeness (QED) is 0.468. The lowest BCUT2D eigenvalue weighted by Crippen LogP contribution is -2.38. The van der Waals surface area contributed by atoms with Crippen LogP contribution in [0.3, 0.4) is 0 Å². The number of benzene rings is 1. The van der Waals surface area contributed by atoms with Gasteiger partial charge in [0.25, 0.3) is 0 Å². The molecule has 1 aromatic carbocycles. The Hall–Kier alpha value is -2.48. The highest BCUT2D eigenvalue weighted by Gasteiger charge is 2.22. The summed E-state index contributed by atoms with van der Waals surface area (Å²) in [6, 6.07) is 7.55. The zero-order chi connectivity index (χ0) is 22.6. The van der Waals surface area contributed by atoms with E-state index in [0.29, 0.717) is 23.2 Å². The highest BCUT2D eigenvalue weighted by Crippen LogP contribution is 2.28. The number of amides is 2. The highest BCUT2D eigenvalue weighted by atomic mass is 32.1. The van der Waals surface area contributed by atoms with Crippen molar-refractivity contribution in [1.29, 1.82) is 0 Å². The smallest absolute Gasteiger partial charge is 0.227 e. The first-order valence-electron chi connectivity index (χ1n) is 11.1. The van der Waals surface area contributed by atoms with E-state index in [-0.39, 0.29) is 24.2 Å². The fraction of sp³-hybridized carbons (Fsp3) is 0.565. The highest BCUT2D eigenvalue weighted by molar-refractivity contribution is 7.18. The molecule has 2 aromatic rings. The van der Waals surface area contributed by atoms with Gasteiger partial charge in [0.05, 0.1) is 7.11 Å². The molecule has 0 spiro atoms. The van der Waals surface area contributed by atoms with Gasteiger partial charge in [-0.3, -0.25) is 9.59 Å². The number of carbonyl (C=O) groups is 2. The third kappa shape index (κ3) is 7.61. The van der Waals surface area contributed by atoms with Gasteiger partial charge in [-0.05, 0) is 31.4 Å². The molecule has 8 heteroatoms. The van der Waals surface area contributed by atoms with E-state index in [1.54, 1.807) is 7.11 Å². The largest absolute Gasteiger partial charge is 0.497 e. The summed E-state index contributed by atoms with van der Waals surface area (Å²) >= 11 is 1.31. The first-order chi connectivity index (χ1) is 15.0. The Balaban J connectivity index is 1.93. The Morgan fingerprint density at radius 1 is 1.16 bits per heavy atom. The van der Waals surface area contributed by atoms with Gasteiger partial charge >= 0.3 is 0 Å². The summed E-state index contributed by atoms with van der Waals surface area (Å²) in [6.07, 6.45) is 5.00. The van der Waals surface area contributed by atoms with Gasteiger partial charge in [0, 0.05) is 31.0 Å². The zero-order valence-electron chi connectivity index (χ0n) is 19.0. The summed E-state index contributed by atoms with van der Waals surface area (Å²) < 4.78 is 5.24. The second kappa shape index (κ2) is 13.0. The lowest BCUT2D eigenvalue weighted by molar-refractivity contribution is -0.136. The van der Waals surface area contributed by atoms with Crippen LogP contribution in [-0.2, 0) is 9.59 Å². The number of carbonyl (C=O) groups excluding carboxylic acids is 2. The van der Waals surface area contributed by atoms with E-state index in [1.807, 2.05) is 29.2 Å².